The molecule has 0 spiro atoms. The summed E-state index contributed by atoms with van der Waals surface area (Å²) in [7, 11) is 0. The fourth-order valence-electron chi connectivity index (χ4n) is 11.6. The summed E-state index contributed by atoms with van der Waals surface area (Å²) < 4.78 is 0. The summed E-state index contributed by atoms with van der Waals surface area (Å²) in [5.41, 5.74) is 12.5. The van der Waals surface area contributed by atoms with Gasteiger partial charge in [0.15, 0.2) is 0 Å². The monoisotopic (exact) mass is 806 g/mol. The van der Waals surface area contributed by atoms with Gasteiger partial charge in [0.1, 0.15) is 0 Å². The van der Waals surface area contributed by atoms with Gasteiger partial charge in [-0.2, -0.15) is 0 Å². The predicted molar refractivity (Wildman–Crippen MR) is 270 cm³/mol. The second-order valence-corrected chi connectivity index (χ2v) is 21.8. The van der Waals surface area contributed by atoms with Gasteiger partial charge < -0.3 is 0 Å². The molecule has 0 bridgehead atoms. The topological polar surface area (TPSA) is 0 Å². The van der Waals surface area contributed by atoms with Crippen molar-refractivity contribution in [3.63, 3.8) is 0 Å². The van der Waals surface area contributed by atoms with E-state index in [4.69, 9.17) is 0 Å². The molecule has 9 aromatic carbocycles. The summed E-state index contributed by atoms with van der Waals surface area (Å²) in [5.74, 6) is 0. The highest BCUT2D eigenvalue weighted by Crippen LogP contribution is 2.57. The Balaban J connectivity index is 0.000000111. The third-order valence-corrected chi connectivity index (χ3v) is 17.6. The standard InChI is InChI=1S/C22H22.2C20H20/c1-21(2)19-12-8-7-11-17(19)18-13-15-9-5-6-10-16(15)14-20(18)22(21,3)4;1-19(2)15-9-5-7-13-11-12-14-8-6-10-16(20(19,3)4)18(14)17(13)15;1-19(2)16-11-7-10-15-14-9-6-5-8-13(14)12-17(18(15)16)20(19,3)4/h5-14H,1-4H3;2*5-12H,1-4H3. The van der Waals surface area contributed by atoms with E-state index in [0.717, 1.165) is 0 Å². The minimum Gasteiger partial charge on any atom is -0.0619 e. The Labute approximate surface area is 370 Å². The lowest BCUT2D eigenvalue weighted by Crippen LogP contribution is -2.43. The Morgan fingerprint density at radius 2 is 0.597 bits per heavy atom. The van der Waals surface area contributed by atoms with Gasteiger partial charge in [-0.15, -0.1) is 0 Å². The van der Waals surface area contributed by atoms with E-state index in [0.29, 0.717) is 0 Å². The second-order valence-electron chi connectivity index (χ2n) is 21.8. The van der Waals surface area contributed by atoms with E-state index < -0.39 is 0 Å². The summed E-state index contributed by atoms with van der Waals surface area (Å²) in [6.07, 6.45) is 0. The first-order valence-electron chi connectivity index (χ1n) is 22.9. The molecule has 3 aliphatic rings. The van der Waals surface area contributed by atoms with Crippen LogP contribution in [-0.4, -0.2) is 0 Å². The van der Waals surface area contributed by atoms with Crippen LogP contribution in [0.15, 0.2) is 158 Å². The lowest BCUT2D eigenvalue weighted by molar-refractivity contribution is 0.299. The lowest BCUT2D eigenvalue weighted by atomic mass is 9.55. The van der Waals surface area contributed by atoms with Gasteiger partial charge in [0.2, 0.25) is 0 Å². The number of fused-ring (bicyclic) bond motifs is 6. The molecule has 0 N–H and O–H groups in total. The highest BCUT2D eigenvalue weighted by Gasteiger charge is 2.48. The third-order valence-electron chi connectivity index (χ3n) is 17.6. The van der Waals surface area contributed by atoms with E-state index in [-0.39, 0.29) is 32.5 Å². The maximum Gasteiger partial charge on any atom is -0.000535 e. The molecule has 0 aliphatic heterocycles. The van der Waals surface area contributed by atoms with Crippen molar-refractivity contribution in [1.82, 2.24) is 0 Å². The van der Waals surface area contributed by atoms with Crippen LogP contribution in [0.4, 0.5) is 0 Å². The highest BCUT2D eigenvalue weighted by molar-refractivity contribution is 6.13. The molecule has 0 fully saturated rings. The van der Waals surface area contributed by atoms with Crippen molar-refractivity contribution in [1.29, 1.82) is 0 Å². The average molecular weight is 807 g/mol. The number of rotatable bonds is 0. The van der Waals surface area contributed by atoms with Gasteiger partial charge in [-0.25, -0.2) is 0 Å². The van der Waals surface area contributed by atoms with Gasteiger partial charge in [0, 0.05) is 0 Å². The van der Waals surface area contributed by atoms with Crippen LogP contribution in [0.5, 0.6) is 0 Å². The predicted octanol–water partition coefficient (Wildman–Crippen LogP) is 17.2. The average Bonchev–Trinajstić information content (AvgIpc) is 3.42. The maximum absolute atomic E-state index is 2.41. The molecule has 12 rings (SSSR count). The van der Waals surface area contributed by atoms with Crippen LogP contribution in [-0.2, 0) is 32.5 Å². The van der Waals surface area contributed by atoms with Crippen molar-refractivity contribution < 1.29 is 0 Å². The zero-order valence-corrected chi connectivity index (χ0v) is 39.0. The van der Waals surface area contributed by atoms with Crippen molar-refractivity contribution >= 4 is 53.9 Å². The van der Waals surface area contributed by atoms with E-state index in [2.05, 4.69) is 241 Å². The first-order valence-corrected chi connectivity index (χ1v) is 22.9. The highest BCUT2D eigenvalue weighted by atomic mass is 14.5. The first kappa shape index (κ1) is 40.4. The molecule has 62 heavy (non-hydrogen) atoms. The van der Waals surface area contributed by atoms with E-state index in [1.54, 1.807) is 0 Å². The van der Waals surface area contributed by atoms with Crippen LogP contribution in [0.2, 0.25) is 0 Å². The maximum atomic E-state index is 2.41. The number of hydrogen-bond acceptors (Lipinski definition) is 0. The Hall–Kier alpha value is -5.72. The van der Waals surface area contributed by atoms with Gasteiger partial charge in [-0.3, -0.25) is 0 Å². The Bertz CT molecular complexity index is 3210. The van der Waals surface area contributed by atoms with Crippen LogP contribution < -0.4 is 0 Å². The normalized spacial score (nSPS) is 18.5. The summed E-state index contributed by atoms with van der Waals surface area (Å²) in [4.78, 5) is 0. The van der Waals surface area contributed by atoms with Crippen LogP contribution >= 0.6 is 0 Å². The van der Waals surface area contributed by atoms with Gasteiger partial charge in [-0.05, 0) is 149 Å². The van der Waals surface area contributed by atoms with E-state index in [1.807, 2.05) is 0 Å². The van der Waals surface area contributed by atoms with Crippen molar-refractivity contribution in [2.45, 2.75) is 116 Å². The molecule has 9 aromatic rings. The number of benzene rings is 9. The minimum absolute atomic E-state index is 0.0979. The molecule has 310 valence electrons. The Kier molecular flexibility index (Phi) is 8.72. The van der Waals surface area contributed by atoms with Crippen molar-refractivity contribution in [3.8, 4) is 11.1 Å². The lowest BCUT2D eigenvalue weighted by Gasteiger charge is -2.48. The van der Waals surface area contributed by atoms with Crippen LogP contribution in [0.3, 0.4) is 0 Å². The molecule has 3 aliphatic carbocycles. The van der Waals surface area contributed by atoms with Crippen molar-refractivity contribution in [2.24, 2.45) is 0 Å². The third kappa shape index (κ3) is 5.38. The van der Waals surface area contributed by atoms with Gasteiger partial charge in [-0.1, -0.05) is 223 Å². The molecule has 0 unspecified atom stereocenters. The summed E-state index contributed by atoms with van der Waals surface area (Å²) in [6.45, 7) is 28.6. The Morgan fingerprint density at radius 1 is 0.226 bits per heavy atom. The van der Waals surface area contributed by atoms with E-state index in [1.165, 1.54) is 98.4 Å². The molecule has 0 nitrogen and oxygen atoms in total. The second kappa shape index (κ2) is 13.4. The molecule has 0 amide bonds. The summed E-state index contributed by atoms with van der Waals surface area (Å²) in [5, 5.41) is 14.0. The van der Waals surface area contributed by atoms with Gasteiger partial charge in [0.25, 0.3) is 0 Å². The fourth-order valence-corrected chi connectivity index (χ4v) is 11.6. The minimum atomic E-state index is 0.0979. The molecule has 0 atom stereocenters. The fraction of sp³-hybridized carbons (Fsp3) is 0.290. The Morgan fingerprint density at radius 3 is 1.19 bits per heavy atom. The first-order chi connectivity index (χ1) is 29.3. The molecule has 0 radical (unpaired) electrons. The summed E-state index contributed by atoms with van der Waals surface area (Å²) in [6, 6.07) is 58.4. The zero-order valence-electron chi connectivity index (χ0n) is 39.0. The van der Waals surface area contributed by atoms with Crippen LogP contribution in [0.25, 0.3) is 65.0 Å². The SMILES string of the molecule is CC1(C)c2cccc3c2c(cc2ccccc23)C1(C)C.CC1(C)c2cccc3ccc4cccc(c4c23)C1(C)C.CC1(C)c2ccccc2-c2cc3ccccc3cc2C1(C)C. The van der Waals surface area contributed by atoms with Crippen LogP contribution in [0, 0.1) is 0 Å². The molecule has 0 saturated heterocycles. The van der Waals surface area contributed by atoms with Crippen LogP contribution in [0.1, 0.15) is 116 Å². The smallest absolute Gasteiger partial charge is 0.000535 e. The summed E-state index contributed by atoms with van der Waals surface area (Å²) >= 11 is 0. The molecule has 0 heterocycles. The van der Waals surface area contributed by atoms with Gasteiger partial charge in [0.05, 0.1) is 0 Å². The largest absolute Gasteiger partial charge is 0.0619 e. The quantitative estimate of drug-likeness (QED) is 0.134. The number of hydrogen-bond donors (Lipinski definition) is 0. The van der Waals surface area contributed by atoms with E-state index in [9.17, 15) is 0 Å². The zero-order chi connectivity index (χ0) is 43.8. The molecule has 0 aromatic heterocycles. The molecule has 0 saturated carbocycles. The van der Waals surface area contributed by atoms with E-state index >= 15 is 0 Å². The van der Waals surface area contributed by atoms with Gasteiger partial charge >= 0.3 is 0 Å². The molecular formula is C62H62. The molecular weight excluding hydrogens is 745 g/mol. The van der Waals surface area contributed by atoms with Crippen molar-refractivity contribution in [2.75, 3.05) is 0 Å². The van der Waals surface area contributed by atoms with Crippen molar-refractivity contribution in [3.05, 3.63) is 191 Å². The molecule has 0 heteroatoms.